The molecule has 2 aliphatic carbocycles. The van der Waals surface area contributed by atoms with Crippen LogP contribution in [0.1, 0.15) is 57.6 Å². The van der Waals surface area contributed by atoms with Gasteiger partial charge in [-0.25, -0.2) is 4.79 Å². The predicted molar refractivity (Wildman–Crippen MR) is 98.3 cm³/mol. The van der Waals surface area contributed by atoms with Crippen molar-refractivity contribution in [2.45, 2.75) is 64.0 Å². The summed E-state index contributed by atoms with van der Waals surface area (Å²) < 4.78 is 10.9. The van der Waals surface area contributed by atoms with Gasteiger partial charge in [-0.1, -0.05) is 0 Å². The van der Waals surface area contributed by atoms with Crippen LogP contribution in [0.15, 0.2) is 6.07 Å². The molecule has 0 bridgehead atoms. The molecule has 4 rings (SSSR count). The summed E-state index contributed by atoms with van der Waals surface area (Å²) in [6.07, 6.45) is 3.98. The molecule has 1 spiro atoms. The van der Waals surface area contributed by atoms with E-state index in [2.05, 4.69) is 20.8 Å². The molecule has 148 valence electrons. The van der Waals surface area contributed by atoms with Crippen molar-refractivity contribution >= 4 is 17.8 Å². The number of amides is 2. The van der Waals surface area contributed by atoms with Gasteiger partial charge in [0.05, 0.1) is 6.61 Å². The smallest absolute Gasteiger partial charge is 0.407 e. The summed E-state index contributed by atoms with van der Waals surface area (Å²) in [5.74, 6) is 0.911. The minimum Gasteiger partial charge on any atom is -0.446 e. The molecular weight excluding hydrogens is 348 g/mol. The zero-order valence-electron chi connectivity index (χ0n) is 15.9. The van der Waals surface area contributed by atoms with Gasteiger partial charge in [-0.15, -0.1) is 0 Å². The zero-order valence-corrected chi connectivity index (χ0v) is 15.9. The highest BCUT2D eigenvalue weighted by atomic mass is 16.6. The fraction of sp³-hybridized carbons (Fsp3) is 0.737. The molecule has 1 aromatic heterocycles. The van der Waals surface area contributed by atoms with E-state index in [9.17, 15) is 9.59 Å². The van der Waals surface area contributed by atoms with Crippen molar-refractivity contribution in [2.24, 2.45) is 11.3 Å². The third-order valence-electron chi connectivity index (χ3n) is 5.99. The Morgan fingerprint density at radius 2 is 2.26 bits per heavy atom. The summed E-state index contributed by atoms with van der Waals surface area (Å²) in [5.41, 5.74) is 1.06. The summed E-state index contributed by atoms with van der Waals surface area (Å²) in [4.78, 5) is 24.2. The van der Waals surface area contributed by atoms with Crippen LogP contribution in [0, 0.1) is 11.3 Å². The Morgan fingerprint density at radius 3 is 3.00 bits per heavy atom. The lowest BCUT2D eigenvalue weighted by Gasteiger charge is -2.14. The summed E-state index contributed by atoms with van der Waals surface area (Å²) >= 11 is 0. The number of H-pyrrole nitrogens is 1. The van der Waals surface area contributed by atoms with Crippen molar-refractivity contribution in [3.05, 3.63) is 11.8 Å². The summed E-state index contributed by atoms with van der Waals surface area (Å²) in [5, 5.41) is 13.0. The number of hydrogen-bond donors (Lipinski definition) is 3. The van der Waals surface area contributed by atoms with E-state index < -0.39 is 0 Å². The van der Waals surface area contributed by atoms with Gasteiger partial charge in [-0.3, -0.25) is 9.89 Å². The van der Waals surface area contributed by atoms with Crippen LogP contribution >= 0.6 is 0 Å². The van der Waals surface area contributed by atoms with Gasteiger partial charge < -0.3 is 20.1 Å². The molecule has 8 heteroatoms. The first-order valence-electron chi connectivity index (χ1n) is 9.86. The molecule has 0 radical (unpaired) electrons. The molecule has 3 fully saturated rings. The lowest BCUT2D eigenvalue weighted by atomic mass is 10.0. The largest absolute Gasteiger partial charge is 0.446 e. The number of aromatic nitrogens is 2. The van der Waals surface area contributed by atoms with E-state index in [0.29, 0.717) is 12.4 Å². The van der Waals surface area contributed by atoms with Crippen molar-refractivity contribution in [2.75, 3.05) is 18.5 Å². The molecule has 2 saturated carbocycles. The second kappa shape index (κ2) is 7.14. The highest BCUT2D eigenvalue weighted by Gasteiger charge is 2.59. The molecule has 1 aliphatic heterocycles. The van der Waals surface area contributed by atoms with Gasteiger partial charge in [0.1, 0.15) is 6.10 Å². The normalized spacial score (nSPS) is 32.0. The molecule has 8 nitrogen and oxygen atoms in total. The maximum atomic E-state index is 12.4. The van der Waals surface area contributed by atoms with E-state index in [0.717, 1.165) is 44.4 Å². The molecule has 3 aliphatic rings. The third-order valence-corrected chi connectivity index (χ3v) is 5.99. The van der Waals surface area contributed by atoms with Crippen LogP contribution in [0.3, 0.4) is 0 Å². The van der Waals surface area contributed by atoms with Gasteiger partial charge in [0.15, 0.2) is 5.82 Å². The first-order chi connectivity index (χ1) is 12.9. The third kappa shape index (κ3) is 3.95. The average molecular weight is 376 g/mol. The van der Waals surface area contributed by atoms with Crippen LogP contribution in [0.5, 0.6) is 0 Å². The van der Waals surface area contributed by atoms with Gasteiger partial charge in [0.25, 0.3) is 0 Å². The minimum atomic E-state index is -0.359. The Hall–Kier alpha value is -2.09. The SMILES string of the molecule is CC(C)NC(=O)O[C@@H]1CC[C@H](c2cc(NC(=O)[C@@H]3C[C@@]34CCOC4)n[nH]2)C1. The van der Waals surface area contributed by atoms with E-state index in [1.165, 1.54) is 0 Å². The van der Waals surface area contributed by atoms with Gasteiger partial charge in [-0.05, 0) is 46.0 Å². The number of rotatable bonds is 5. The van der Waals surface area contributed by atoms with Crippen LogP contribution in [-0.2, 0) is 14.3 Å². The fourth-order valence-corrected chi connectivity index (χ4v) is 4.35. The quantitative estimate of drug-likeness (QED) is 0.732. The number of carbonyl (C=O) groups is 2. The fourth-order valence-electron chi connectivity index (χ4n) is 4.35. The number of hydrogen-bond acceptors (Lipinski definition) is 5. The van der Waals surface area contributed by atoms with E-state index in [-0.39, 0.29) is 41.4 Å². The number of nitrogens with zero attached hydrogens (tertiary/aromatic N) is 1. The number of anilines is 1. The Labute approximate surface area is 158 Å². The Bertz CT molecular complexity index is 710. The monoisotopic (exact) mass is 376 g/mol. The Morgan fingerprint density at radius 1 is 1.41 bits per heavy atom. The van der Waals surface area contributed by atoms with Crippen LogP contribution in [0.25, 0.3) is 0 Å². The van der Waals surface area contributed by atoms with Crippen LogP contribution in [-0.4, -0.2) is 47.6 Å². The molecule has 1 saturated heterocycles. The lowest BCUT2D eigenvalue weighted by molar-refractivity contribution is -0.118. The number of carbonyl (C=O) groups excluding carboxylic acids is 2. The molecular formula is C19H28N4O4. The van der Waals surface area contributed by atoms with Crippen molar-refractivity contribution in [3.8, 4) is 0 Å². The van der Waals surface area contributed by atoms with Gasteiger partial charge >= 0.3 is 6.09 Å². The first kappa shape index (κ1) is 18.3. The van der Waals surface area contributed by atoms with E-state index in [4.69, 9.17) is 9.47 Å². The zero-order chi connectivity index (χ0) is 19.0. The maximum absolute atomic E-state index is 12.4. The van der Waals surface area contributed by atoms with Crippen molar-refractivity contribution in [1.29, 1.82) is 0 Å². The predicted octanol–water partition coefficient (Wildman–Crippen LogP) is 2.55. The number of alkyl carbamates (subject to hydrolysis) is 1. The minimum absolute atomic E-state index is 0.0385. The van der Waals surface area contributed by atoms with E-state index >= 15 is 0 Å². The molecule has 0 aromatic carbocycles. The highest BCUT2D eigenvalue weighted by Crippen LogP contribution is 2.58. The first-order valence-corrected chi connectivity index (χ1v) is 9.86. The number of ether oxygens (including phenoxy) is 2. The Kier molecular flexibility index (Phi) is 4.84. The highest BCUT2D eigenvalue weighted by molar-refractivity contribution is 5.94. The molecule has 2 heterocycles. The summed E-state index contributed by atoms with van der Waals surface area (Å²) in [6, 6.07) is 1.97. The van der Waals surface area contributed by atoms with Crippen LogP contribution in [0.4, 0.5) is 10.6 Å². The molecule has 0 unspecified atom stereocenters. The molecule has 2 amide bonds. The van der Waals surface area contributed by atoms with Crippen molar-refractivity contribution < 1.29 is 19.1 Å². The van der Waals surface area contributed by atoms with E-state index in [1.807, 2.05) is 19.9 Å². The molecule has 4 atom stereocenters. The molecule has 27 heavy (non-hydrogen) atoms. The standard InChI is InChI=1S/C19H28N4O4/c1-11(2)20-18(25)27-13-4-3-12(7-13)15-8-16(23-22-15)21-17(24)14-9-19(14)5-6-26-10-19/h8,11-14H,3-7,9-10H2,1-2H3,(H,20,25)(H2,21,22,23,24)/t12-,13+,14-,19+/m0/s1. The summed E-state index contributed by atoms with van der Waals surface area (Å²) in [7, 11) is 0. The topological polar surface area (TPSA) is 105 Å². The second-order valence-corrected chi connectivity index (χ2v) is 8.46. The summed E-state index contributed by atoms with van der Waals surface area (Å²) in [6.45, 7) is 5.27. The van der Waals surface area contributed by atoms with Crippen LogP contribution < -0.4 is 10.6 Å². The van der Waals surface area contributed by atoms with Gasteiger partial charge in [0.2, 0.25) is 5.91 Å². The number of aromatic amines is 1. The van der Waals surface area contributed by atoms with Crippen LogP contribution in [0.2, 0.25) is 0 Å². The van der Waals surface area contributed by atoms with Gasteiger partial charge in [0, 0.05) is 41.7 Å². The maximum Gasteiger partial charge on any atom is 0.407 e. The average Bonchev–Trinajstić information content (AvgIpc) is 3.01. The lowest BCUT2D eigenvalue weighted by Crippen LogP contribution is -2.33. The second-order valence-electron chi connectivity index (χ2n) is 8.46. The van der Waals surface area contributed by atoms with Crippen molar-refractivity contribution in [3.63, 3.8) is 0 Å². The Balaban J connectivity index is 1.27. The molecule has 3 N–H and O–H groups in total. The molecule has 1 aromatic rings. The number of nitrogens with one attached hydrogen (secondary N) is 3. The van der Waals surface area contributed by atoms with E-state index in [1.54, 1.807) is 0 Å². The van der Waals surface area contributed by atoms with Crippen molar-refractivity contribution in [1.82, 2.24) is 15.5 Å². The van der Waals surface area contributed by atoms with Gasteiger partial charge in [-0.2, -0.15) is 5.10 Å².